The number of anilines is 1. The topological polar surface area (TPSA) is 96.4 Å². The molecule has 5 heteroatoms. The van der Waals surface area contributed by atoms with Gasteiger partial charge in [0.25, 0.3) is 0 Å². The molecule has 0 fully saturated rings. The largest absolute Gasteiger partial charge is 0.493 e. The smallest absolute Gasteiger partial charge is 0.338 e. The summed E-state index contributed by atoms with van der Waals surface area (Å²) in [6, 6.07) is 0.998. The van der Waals surface area contributed by atoms with Crippen LogP contribution in [-0.2, 0) is 0 Å². The second kappa shape index (κ2) is 2.45. The molecule has 58 valence electrons. The number of hydrogen-bond acceptors (Lipinski definition) is 4. The lowest BCUT2D eigenvalue weighted by Gasteiger charge is -1.98. The van der Waals surface area contributed by atoms with Crippen LogP contribution < -0.4 is 5.73 Å². The van der Waals surface area contributed by atoms with E-state index >= 15 is 0 Å². The number of hydrogen-bond donors (Lipinski definition) is 3. The van der Waals surface area contributed by atoms with E-state index in [9.17, 15) is 4.79 Å². The van der Waals surface area contributed by atoms with Crippen molar-refractivity contribution in [1.82, 2.24) is 4.98 Å². The number of nitrogens with two attached hydrogens (primary N) is 1. The number of nitrogens with zero attached hydrogens (tertiary/aromatic N) is 1. The van der Waals surface area contributed by atoms with Crippen LogP contribution in [0, 0.1) is 0 Å². The van der Waals surface area contributed by atoms with Crippen molar-refractivity contribution in [2.75, 3.05) is 5.73 Å². The van der Waals surface area contributed by atoms with Gasteiger partial charge >= 0.3 is 5.97 Å². The summed E-state index contributed by atoms with van der Waals surface area (Å²) < 4.78 is 0. The lowest BCUT2D eigenvalue weighted by Crippen LogP contribution is -2.02. The number of nitrogen functional groups attached to an aromatic ring is 1. The Balaban J connectivity index is 3.23. The van der Waals surface area contributed by atoms with Crippen molar-refractivity contribution < 1.29 is 15.0 Å². The number of carbonyl (C=O) groups is 1. The second-order valence-corrected chi connectivity index (χ2v) is 1.93. The molecule has 0 aromatic carbocycles. The van der Waals surface area contributed by atoms with Crippen molar-refractivity contribution >= 4 is 11.7 Å². The SMILES string of the molecule is Nc1cnc(O)cc1C(=O)O. The fraction of sp³-hybridized carbons (Fsp3) is 0. The van der Waals surface area contributed by atoms with E-state index in [4.69, 9.17) is 15.9 Å². The van der Waals surface area contributed by atoms with Gasteiger partial charge in [-0.15, -0.1) is 0 Å². The van der Waals surface area contributed by atoms with Gasteiger partial charge in [0.1, 0.15) is 0 Å². The molecule has 0 amide bonds. The van der Waals surface area contributed by atoms with Gasteiger partial charge in [-0.05, 0) is 0 Å². The van der Waals surface area contributed by atoms with Gasteiger partial charge in [-0.2, -0.15) is 0 Å². The normalized spacial score (nSPS) is 9.45. The maximum absolute atomic E-state index is 10.4. The summed E-state index contributed by atoms with van der Waals surface area (Å²) in [4.78, 5) is 13.7. The summed E-state index contributed by atoms with van der Waals surface area (Å²) in [7, 11) is 0. The highest BCUT2D eigenvalue weighted by Gasteiger charge is 2.08. The van der Waals surface area contributed by atoms with E-state index in [2.05, 4.69) is 4.98 Å². The van der Waals surface area contributed by atoms with Gasteiger partial charge in [-0.3, -0.25) is 0 Å². The summed E-state index contributed by atoms with van der Waals surface area (Å²) in [5, 5.41) is 17.2. The third-order valence-corrected chi connectivity index (χ3v) is 1.15. The Bertz CT molecular complexity index is 298. The highest BCUT2D eigenvalue weighted by atomic mass is 16.4. The van der Waals surface area contributed by atoms with E-state index in [0.717, 1.165) is 12.3 Å². The first kappa shape index (κ1) is 7.33. The van der Waals surface area contributed by atoms with Crippen LogP contribution in [0.4, 0.5) is 5.69 Å². The van der Waals surface area contributed by atoms with Gasteiger partial charge in [0.15, 0.2) is 0 Å². The third-order valence-electron chi connectivity index (χ3n) is 1.15. The number of aromatic hydroxyl groups is 1. The molecule has 0 atom stereocenters. The standard InChI is InChI=1S/C6H6N2O3/c7-4-2-8-5(9)1-3(4)6(10)11/h1-2H,7H2,(H,8,9)(H,10,11). The first-order valence-corrected chi connectivity index (χ1v) is 2.79. The minimum Gasteiger partial charge on any atom is -0.493 e. The zero-order valence-corrected chi connectivity index (χ0v) is 5.48. The quantitative estimate of drug-likeness (QED) is 0.531. The first-order valence-electron chi connectivity index (χ1n) is 2.79. The van der Waals surface area contributed by atoms with Crippen LogP contribution in [0.2, 0.25) is 0 Å². The van der Waals surface area contributed by atoms with Crippen molar-refractivity contribution in [2.45, 2.75) is 0 Å². The number of rotatable bonds is 1. The molecule has 0 saturated carbocycles. The molecule has 5 nitrogen and oxygen atoms in total. The van der Waals surface area contributed by atoms with E-state index < -0.39 is 5.97 Å². The van der Waals surface area contributed by atoms with Gasteiger partial charge in [0.2, 0.25) is 5.88 Å². The maximum atomic E-state index is 10.4. The minimum absolute atomic E-state index is 0.0373. The number of carboxylic acids is 1. The molecule has 0 radical (unpaired) electrons. The molecule has 0 bridgehead atoms. The number of pyridine rings is 1. The number of aromatic nitrogens is 1. The van der Waals surface area contributed by atoms with Crippen molar-refractivity contribution in [1.29, 1.82) is 0 Å². The molecule has 1 aromatic heterocycles. The summed E-state index contributed by atoms with van der Waals surface area (Å²) >= 11 is 0. The molecule has 1 heterocycles. The Hall–Kier alpha value is -1.78. The van der Waals surface area contributed by atoms with E-state index in [-0.39, 0.29) is 17.1 Å². The summed E-state index contributed by atoms with van der Waals surface area (Å²) in [6.07, 6.45) is 1.10. The van der Waals surface area contributed by atoms with Crippen LogP contribution in [0.15, 0.2) is 12.3 Å². The Labute approximate surface area is 62.1 Å². The lowest BCUT2D eigenvalue weighted by molar-refractivity contribution is 0.0697. The van der Waals surface area contributed by atoms with Crippen molar-refractivity contribution in [2.24, 2.45) is 0 Å². The van der Waals surface area contributed by atoms with Crippen LogP contribution in [0.5, 0.6) is 5.88 Å². The van der Waals surface area contributed by atoms with E-state index in [1.807, 2.05) is 0 Å². The molecule has 0 aliphatic heterocycles. The van der Waals surface area contributed by atoms with Gasteiger partial charge < -0.3 is 15.9 Å². The monoisotopic (exact) mass is 154 g/mol. The molecule has 1 rings (SSSR count). The zero-order valence-electron chi connectivity index (χ0n) is 5.48. The Morgan fingerprint density at radius 3 is 2.73 bits per heavy atom. The molecule has 1 aromatic rings. The summed E-state index contributed by atoms with van der Waals surface area (Å²) in [5.41, 5.74) is 5.13. The Morgan fingerprint density at radius 1 is 1.64 bits per heavy atom. The van der Waals surface area contributed by atoms with Crippen LogP contribution in [0.3, 0.4) is 0 Å². The van der Waals surface area contributed by atoms with Crippen molar-refractivity contribution in [3.8, 4) is 5.88 Å². The second-order valence-electron chi connectivity index (χ2n) is 1.93. The predicted molar refractivity (Wildman–Crippen MR) is 37.3 cm³/mol. The molecule has 0 unspecified atom stereocenters. The molecule has 4 N–H and O–H groups in total. The molecular weight excluding hydrogens is 148 g/mol. The highest BCUT2D eigenvalue weighted by molar-refractivity contribution is 5.93. The average Bonchev–Trinajstić information content (AvgIpc) is 1.94. The maximum Gasteiger partial charge on any atom is 0.338 e. The highest BCUT2D eigenvalue weighted by Crippen LogP contribution is 2.14. The number of carboxylic acid groups (broad SMARTS) is 1. The van der Waals surface area contributed by atoms with Crippen molar-refractivity contribution in [3.63, 3.8) is 0 Å². The third kappa shape index (κ3) is 1.37. The van der Waals surface area contributed by atoms with E-state index in [1.54, 1.807) is 0 Å². The lowest BCUT2D eigenvalue weighted by atomic mass is 10.2. The molecule has 0 aliphatic carbocycles. The van der Waals surface area contributed by atoms with Crippen LogP contribution >= 0.6 is 0 Å². The first-order chi connectivity index (χ1) is 5.11. The minimum atomic E-state index is -1.18. The van der Waals surface area contributed by atoms with Gasteiger partial charge in [0.05, 0.1) is 17.4 Å². The average molecular weight is 154 g/mol. The molecule has 0 saturated heterocycles. The van der Waals surface area contributed by atoms with E-state index in [0.29, 0.717) is 0 Å². The van der Waals surface area contributed by atoms with Crippen LogP contribution in [0.25, 0.3) is 0 Å². The van der Waals surface area contributed by atoms with Crippen LogP contribution in [0.1, 0.15) is 10.4 Å². The summed E-state index contributed by atoms with van der Waals surface area (Å²) in [5.74, 6) is -1.53. The summed E-state index contributed by atoms with van der Waals surface area (Å²) in [6.45, 7) is 0. The molecule has 0 spiro atoms. The molecule has 11 heavy (non-hydrogen) atoms. The van der Waals surface area contributed by atoms with Gasteiger partial charge in [-0.25, -0.2) is 9.78 Å². The molecule has 0 aliphatic rings. The van der Waals surface area contributed by atoms with Gasteiger partial charge in [0, 0.05) is 6.07 Å². The van der Waals surface area contributed by atoms with Crippen LogP contribution in [-0.4, -0.2) is 21.2 Å². The Morgan fingerprint density at radius 2 is 2.27 bits per heavy atom. The Kier molecular flexibility index (Phi) is 1.63. The fourth-order valence-corrected chi connectivity index (χ4v) is 0.640. The fourth-order valence-electron chi connectivity index (χ4n) is 0.640. The van der Waals surface area contributed by atoms with Crippen molar-refractivity contribution in [3.05, 3.63) is 17.8 Å². The van der Waals surface area contributed by atoms with E-state index in [1.165, 1.54) is 0 Å². The predicted octanol–water partition coefficient (Wildman–Crippen LogP) is 0.0676. The molecular formula is C6H6N2O3. The van der Waals surface area contributed by atoms with Gasteiger partial charge in [-0.1, -0.05) is 0 Å². The zero-order chi connectivity index (χ0) is 8.43. The number of aromatic carboxylic acids is 1.